The second-order valence-electron chi connectivity index (χ2n) is 6.02. The Morgan fingerprint density at radius 3 is 2.70 bits per heavy atom. The van der Waals surface area contributed by atoms with Crippen molar-refractivity contribution >= 4 is 11.6 Å². The Bertz CT molecular complexity index is 482. The van der Waals surface area contributed by atoms with Gasteiger partial charge in [0.05, 0.1) is 0 Å². The van der Waals surface area contributed by atoms with Crippen molar-refractivity contribution in [3.63, 3.8) is 0 Å². The number of hydrazone groups is 1. The number of nitrogens with one attached hydrogen (secondary N) is 1. The van der Waals surface area contributed by atoms with Gasteiger partial charge in [0.25, 0.3) is 5.91 Å². The Morgan fingerprint density at radius 2 is 2.05 bits per heavy atom. The Kier molecular flexibility index (Phi) is 4.88. The van der Waals surface area contributed by atoms with Crippen LogP contribution in [-0.2, 0) is 0 Å². The van der Waals surface area contributed by atoms with Crippen LogP contribution in [-0.4, -0.2) is 16.6 Å². The monoisotopic (exact) mass is 273 g/mol. The first kappa shape index (κ1) is 14.7. The number of pyridine rings is 1. The fourth-order valence-corrected chi connectivity index (χ4v) is 2.78. The predicted molar refractivity (Wildman–Crippen MR) is 80.5 cm³/mol. The molecule has 2 rings (SSSR count). The highest BCUT2D eigenvalue weighted by molar-refractivity contribution is 5.95. The second-order valence-corrected chi connectivity index (χ2v) is 6.02. The maximum atomic E-state index is 12.0. The van der Waals surface area contributed by atoms with Gasteiger partial charge in [-0.2, -0.15) is 5.10 Å². The minimum absolute atomic E-state index is 0.166. The molecule has 1 fully saturated rings. The molecule has 1 N–H and O–H groups in total. The van der Waals surface area contributed by atoms with E-state index in [4.69, 9.17) is 0 Å². The van der Waals surface area contributed by atoms with Crippen molar-refractivity contribution in [1.82, 2.24) is 10.4 Å². The first-order valence-electron chi connectivity index (χ1n) is 7.34. The van der Waals surface area contributed by atoms with Crippen LogP contribution in [0.5, 0.6) is 0 Å². The van der Waals surface area contributed by atoms with Gasteiger partial charge in [0.2, 0.25) is 0 Å². The topological polar surface area (TPSA) is 54.4 Å². The van der Waals surface area contributed by atoms with E-state index in [1.165, 1.54) is 12.8 Å². The minimum Gasteiger partial charge on any atom is -0.267 e. The van der Waals surface area contributed by atoms with Crippen LogP contribution in [0, 0.1) is 17.8 Å². The zero-order valence-electron chi connectivity index (χ0n) is 12.5. The van der Waals surface area contributed by atoms with Crippen molar-refractivity contribution in [2.75, 3.05) is 0 Å². The molecule has 1 aliphatic rings. The molecular formula is C16H23N3O. The molecule has 4 nitrogen and oxygen atoms in total. The highest BCUT2D eigenvalue weighted by Gasteiger charge is 2.27. The largest absolute Gasteiger partial charge is 0.271 e. The summed E-state index contributed by atoms with van der Waals surface area (Å²) in [4.78, 5) is 15.9. The van der Waals surface area contributed by atoms with Crippen molar-refractivity contribution in [2.45, 2.75) is 40.0 Å². The molecule has 1 saturated carbocycles. The molecule has 0 aromatic carbocycles. The number of nitrogens with zero attached hydrogens (tertiary/aromatic N) is 2. The summed E-state index contributed by atoms with van der Waals surface area (Å²) in [6, 6.07) is 3.39. The molecule has 1 aromatic rings. The molecule has 0 spiro atoms. The third-order valence-corrected chi connectivity index (χ3v) is 4.00. The van der Waals surface area contributed by atoms with Crippen molar-refractivity contribution in [3.8, 4) is 0 Å². The maximum absolute atomic E-state index is 12.0. The Morgan fingerprint density at radius 1 is 1.35 bits per heavy atom. The number of carbonyl (C=O) groups excluding carboxylic acids is 1. The molecule has 2 atom stereocenters. The first-order chi connectivity index (χ1) is 9.58. The van der Waals surface area contributed by atoms with Crippen LogP contribution in [0.4, 0.5) is 0 Å². The van der Waals surface area contributed by atoms with Crippen LogP contribution < -0.4 is 5.43 Å². The highest BCUT2D eigenvalue weighted by Crippen LogP contribution is 2.31. The van der Waals surface area contributed by atoms with E-state index >= 15 is 0 Å². The van der Waals surface area contributed by atoms with E-state index in [2.05, 4.69) is 36.3 Å². The average molecular weight is 273 g/mol. The lowest BCUT2D eigenvalue weighted by Crippen LogP contribution is -2.31. The molecular weight excluding hydrogens is 250 g/mol. The van der Waals surface area contributed by atoms with Gasteiger partial charge in [0.1, 0.15) is 0 Å². The minimum atomic E-state index is -0.166. The Balaban J connectivity index is 2.06. The lowest BCUT2D eigenvalue weighted by atomic mass is 9.76. The van der Waals surface area contributed by atoms with Crippen molar-refractivity contribution in [2.24, 2.45) is 22.9 Å². The van der Waals surface area contributed by atoms with Crippen molar-refractivity contribution in [3.05, 3.63) is 30.1 Å². The summed E-state index contributed by atoms with van der Waals surface area (Å²) in [6.07, 6.45) is 6.63. The number of rotatable bonds is 3. The van der Waals surface area contributed by atoms with Gasteiger partial charge in [-0.3, -0.25) is 9.78 Å². The Labute approximate surface area is 120 Å². The number of carbonyl (C=O) groups is 1. The van der Waals surface area contributed by atoms with E-state index in [1.54, 1.807) is 24.5 Å². The van der Waals surface area contributed by atoms with Crippen LogP contribution >= 0.6 is 0 Å². The molecule has 108 valence electrons. The lowest BCUT2D eigenvalue weighted by molar-refractivity contribution is 0.0954. The SMILES string of the molecule is CC1CCC(C(C)C)C(=NNC(=O)c2ccncc2)C1. The fraction of sp³-hybridized carbons (Fsp3) is 0.562. The number of hydrogen-bond acceptors (Lipinski definition) is 3. The number of aromatic nitrogens is 1. The molecule has 20 heavy (non-hydrogen) atoms. The summed E-state index contributed by atoms with van der Waals surface area (Å²) in [7, 11) is 0. The molecule has 0 radical (unpaired) electrons. The molecule has 2 unspecified atom stereocenters. The smallest absolute Gasteiger partial charge is 0.267 e. The van der Waals surface area contributed by atoms with Crippen molar-refractivity contribution < 1.29 is 4.79 Å². The van der Waals surface area contributed by atoms with Gasteiger partial charge in [0.15, 0.2) is 0 Å². The van der Waals surface area contributed by atoms with Gasteiger partial charge in [-0.1, -0.05) is 20.8 Å². The van der Waals surface area contributed by atoms with Crippen LogP contribution in [0.2, 0.25) is 0 Å². The van der Waals surface area contributed by atoms with Gasteiger partial charge < -0.3 is 0 Å². The van der Waals surface area contributed by atoms with Gasteiger partial charge >= 0.3 is 0 Å². The van der Waals surface area contributed by atoms with E-state index in [0.29, 0.717) is 23.3 Å². The zero-order chi connectivity index (χ0) is 14.5. The molecule has 0 bridgehead atoms. The molecule has 1 heterocycles. The van der Waals surface area contributed by atoms with Gasteiger partial charge in [-0.15, -0.1) is 0 Å². The fourth-order valence-electron chi connectivity index (χ4n) is 2.78. The average Bonchev–Trinajstić information content (AvgIpc) is 2.45. The summed E-state index contributed by atoms with van der Waals surface area (Å²) in [5.41, 5.74) is 4.43. The molecule has 1 amide bonds. The summed E-state index contributed by atoms with van der Waals surface area (Å²) in [6.45, 7) is 6.69. The van der Waals surface area contributed by atoms with Crippen LogP contribution in [0.15, 0.2) is 29.6 Å². The summed E-state index contributed by atoms with van der Waals surface area (Å²) >= 11 is 0. The molecule has 4 heteroatoms. The predicted octanol–water partition coefficient (Wildman–Crippen LogP) is 3.26. The third-order valence-electron chi connectivity index (χ3n) is 4.00. The molecule has 1 aliphatic carbocycles. The van der Waals surface area contributed by atoms with E-state index in [9.17, 15) is 4.79 Å². The summed E-state index contributed by atoms with van der Waals surface area (Å²) in [5, 5.41) is 4.41. The maximum Gasteiger partial charge on any atom is 0.271 e. The standard InChI is InChI=1S/C16H23N3O/c1-11(2)14-5-4-12(3)10-15(14)18-19-16(20)13-6-8-17-9-7-13/h6-9,11-12,14H,4-5,10H2,1-3H3,(H,19,20). The summed E-state index contributed by atoms with van der Waals surface area (Å²) in [5.74, 6) is 1.55. The van der Waals surface area contributed by atoms with Gasteiger partial charge in [0, 0.05) is 29.6 Å². The normalized spacial score (nSPS) is 24.9. The van der Waals surface area contributed by atoms with Gasteiger partial charge in [-0.05, 0) is 43.2 Å². The van der Waals surface area contributed by atoms with E-state index in [-0.39, 0.29) is 5.91 Å². The van der Waals surface area contributed by atoms with E-state index in [0.717, 1.165) is 12.1 Å². The van der Waals surface area contributed by atoms with Gasteiger partial charge in [-0.25, -0.2) is 5.43 Å². The molecule has 0 saturated heterocycles. The number of hydrogen-bond donors (Lipinski definition) is 1. The van der Waals surface area contributed by atoms with Crippen molar-refractivity contribution in [1.29, 1.82) is 0 Å². The first-order valence-corrected chi connectivity index (χ1v) is 7.34. The quantitative estimate of drug-likeness (QED) is 0.859. The summed E-state index contributed by atoms with van der Waals surface area (Å²) < 4.78 is 0. The zero-order valence-corrected chi connectivity index (χ0v) is 12.5. The van der Waals surface area contributed by atoms with Crippen LogP contribution in [0.25, 0.3) is 0 Å². The molecule has 1 aromatic heterocycles. The number of amides is 1. The lowest BCUT2D eigenvalue weighted by Gasteiger charge is -2.30. The highest BCUT2D eigenvalue weighted by atomic mass is 16.2. The third kappa shape index (κ3) is 3.65. The van der Waals surface area contributed by atoms with E-state index < -0.39 is 0 Å². The van der Waals surface area contributed by atoms with Crippen LogP contribution in [0.3, 0.4) is 0 Å². The second kappa shape index (κ2) is 6.64. The van der Waals surface area contributed by atoms with E-state index in [1.807, 2.05) is 0 Å². The molecule has 0 aliphatic heterocycles. The van der Waals surface area contributed by atoms with Crippen LogP contribution in [0.1, 0.15) is 50.4 Å². The Hall–Kier alpha value is -1.71.